The second-order valence-electron chi connectivity index (χ2n) is 6.64. The Kier molecular flexibility index (Phi) is 5.65. The Morgan fingerprint density at radius 2 is 2.30 bits per heavy atom. The first-order chi connectivity index (χ1) is 9.60. The number of nitrogens with zero attached hydrogens (tertiary/aromatic N) is 1. The molecule has 114 valence electrons. The lowest BCUT2D eigenvalue weighted by molar-refractivity contribution is 0.0368. The van der Waals surface area contributed by atoms with E-state index in [-0.39, 0.29) is 5.54 Å². The lowest BCUT2D eigenvalue weighted by Crippen LogP contribution is -2.56. The molecular weight excluding hydrogens is 264 g/mol. The Bertz CT molecular complexity index is 388. The van der Waals surface area contributed by atoms with Crippen LogP contribution in [0.1, 0.15) is 57.6 Å². The monoisotopic (exact) mass is 294 g/mol. The summed E-state index contributed by atoms with van der Waals surface area (Å²) in [4.78, 5) is 2.49. The van der Waals surface area contributed by atoms with Gasteiger partial charge in [-0.3, -0.25) is 0 Å². The Morgan fingerprint density at radius 1 is 1.50 bits per heavy atom. The first kappa shape index (κ1) is 16.0. The molecule has 1 N–H and O–H groups in total. The molecule has 0 saturated heterocycles. The smallest absolute Gasteiger partial charge is 0.0515 e. The molecule has 1 heterocycles. The summed E-state index contributed by atoms with van der Waals surface area (Å²) in [5.41, 5.74) is 1.75. The Hall–Kier alpha value is -0.380. The molecule has 0 amide bonds. The quantitative estimate of drug-likeness (QED) is 0.841. The molecule has 3 unspecified atom stereocenters. The molecule has 2 rings (SSSR count). The molecule has 1 saturated carbocycles. The van der Waals surface area contributed by atoms with Crippen molar-refractivity contribution in [3.63, 3.8) is 0 Å². The van der Waals surface area contributed by atoms with Crippen molar-refractivity contribution in [3.8, 4) is 0 Å². The van der Waals surface area contributed by atoms with Gasteiger partial charge >= 0.3 is 0 Å². The van der Waals surface area contributed by atoms with Gasteiger partial charge in [-0.2, -0.15) is 11.3 Å². The van der Waals surface area contributed by atoms with Crippen molar-refractivity contribution in [1.82, 2.24) is 10.2 Å². The summed E-state index contributed by atoms with van der Waals surface area (Å²) in [6.07, 6.45) is 6.55. The second-order valence-corrected chi connectivity index (χ2v) is 7.42. The maximum absolute atomic E-state index is 3.85. The van der Waals surface area contributed by atoms with Crippen molar-refractivity contribution >= 4 is 11.3 Å². The fourth-order valence-corrected chi connectivity index (χ4v) is 4.52. The van der Waals surface area contributed by atoms with Crippen LogP contribution in [-0.4, -0.2) is 31.1 Å². The minimum Gasteiger partial charge on any atom is -0.308 e. The summed E-state index contributed by atoms with van der Waals surface area (Å²) < 4.78 is 0. The summed E-state index contributed by atoms with van der Waals surface area (Å²) in [5.74, 6) is 0.829. The van der Waals surface area contributed by atoms with Gasteiger partial charge < -0.3 is 10.2 Å². The van der Waals surface area contributed by atoms with Crippen LogP contribution in [0.2, 0.25) is 0 Å². The summed E-state index contributed by atoms with van der Waals surface area (Å²) in [6.45, 7) is 5.77. The summed E-state index contributed by atoms with van der Waals surface area (Å²) in [7, 11) is 4.54. The van der Waals surface area contributed by atoms with Crippen LogP contribution in [0.3, 0.4) is 0 Å². The summed E-state index contributed by atoms with van der Waals surface area (Å²) in [5, 5.41) is 8.39. The molecule has 1 fully saturated rings. The average Bonchev–Trinajstić information content (AvgIpc) is 2.93. The highest BCUT2D eigenvalue weighted by Crippen LogP contribution is 2.44. The molecular formula is C17H30N2S. The minimum absolute atomic E-state index is 0.272. The molecule has 3 heteroatoms. The van der Waals surface area contributed by atoms with Crippen LogP contribution in [0.5, 0.6) is 0 Å². The molecule has 0 spiro atoms. The van der Waals surface area contributed by atoms with Crippen molar-refractivity contribution in [1.29, 1.82) is 0 Å². The lowest BCUT2D eigenvalue weighted by atomic mass is 9.70. The van der Waals surface area contributed by atoms with Crippen molar-refractivity contribution in [3.05, 3.63) is 22.4 Å². The van der Waals surface area contributed by atoms with E-state index in [0.717, 1.165) is 12.5 Å². The van der Waals surface area contributed by atoms with E-state index in [9.17, 15) is 0 Å². The Morgan fingerprint density at radius 3 is 2.85 bits per heavy atom. The number of nitrogens with one attached hydrogen (secondary N) is 1. The van der Waals surface area contributed by atoms with Gasteiger partial charge in [-0.1, -0.05) is 26.7 Å². The summed E-state index contributed by atoms with van der Waals surface area (Å²) in [6, 6.07) is 2.77. The van der Waals surface area contributed by atoms with Crippen LogP contribution >= 0.6 is 11.3 Å². The zero-order chi connectivity index (χ0) is 14.6. The fourth-order valence-electron chi connectivity index (χ4n) is 3.84. The fraction of sp³-hybridized carbons (Fsp3) is 0.765. The van der Waals surface area contributed by atoms with E-state index in [1.54, 1.807) is 0 Å². The molecule has 0 bridgehead atoms. The molecule has 0 aliphatic heterocycles. The van der Waals surface area contributed by atoms with Gasteiger partial charge in [-0.15, -0.1) is 0 Å². The molecule has 1 aromatic rings. The van der Waals surface area contributed by atoms with Crippen LogP contribution in [-0.2, 0) is 0 Å². The normalized spacial score (nSPS) is 28.8. The average molecular weight is 295 g/mol. The molecule has 3 atom stereocenters. The maximum atomic E-state index is 3.85. The highest BCUT2D eigenvalue weighted by atomic mass is 32.1. The zero-order valence-electron chi connectivity index (χ0n) is 13.5. The van der Waals surface area contributed by atoms with Crippen LogP contribution in [0.15, 0.2) is 16.8 Å². The highest BCUT2D eigenvalue weighted by molar-refractivity contribution is 7.07. The summed E-state index contributed by atoms with van der Waals surface area (Å²) >= 11 is 1.82. The van der Waals surface area contributed by atoms with E-state index in [1.165, 1.54) is 37.7 Å². The molecule has 1 aromatic heterocycles. The van der Waals surface area contributed by atoms with Crippen LogP contribution in [0.25, 0.3) is 0 Å². The Balaban J connectivity index is 2.31. The molecule has 2 nitrogen and oxygen atoms in total. The molecule has 1 aliphatic rings. The van der Waals surface area contributed by atoms with E-state index in [0.29, 0.717) is 6.04 Å². The molecule has 0 aromatic carbocycles. The number of thiophene rings is 1. The predicted octanol–water partition coefficient (Wildman–Crippen LogP) is 4.30. The van der Waals surface area contributed by atoms with Gasteiger partial charge in [0.1, 0.15) is 0 Å². The first-order valence-electron chi connectivity index (χ1n) is 8.03. The molecule has 1 aliphatic carbocycles. The largest absolute Gasteiger partial charge is 0.308 e. The van der Waals surface area contributed by atoms with Gasteiger partial charge in [0, 0.05) is 5.54 Å². The van der Waals surface area contributed by atoms with Crippen LogP contribution < -0.4 is 5.32 Å². The van der Waals surface area contributed by atoms with Crippen molar-refractivity contribution in [2.24, 2.45) is 5.92 Å². The third-order valence-electron chi connectivity index (χ3n) is 4.91. The van der Waals surface area contributed by atoms with Crippen LogP contribution in [0, 0.1) is 5.92 Å². The number of hydrogen-bond acceptors (Lipinski definition) is 3. The SMILES string of the molecule is CCCNC(c1ccsc1)C1(N(C)C)CCCC(C)C1. The number of likely N-dealkylation sites (N-methyl/N-ethyl adjacent to an activating group) is 1. The van der Waals surface area contributed by atoms with Gasteiger partial charge in [0.2, 0.25) is 0 Å². The minimum atomic E-state index is 0.272. The first-order valence-corrected chi connectivity index (χ1v) is 8.97. The number of rotatable bonds is 6. The van der Waals surface area contributed by atoms with Gasteiger partial charge in [0.15, 0.2) is 0 Å². The van der Waals surface area contributed by atoms with Gasteiger partial charge in [-0.25, -0.2) is 0 Å². The molecule has 0 radical (unpaired) electrons. The third-order valence-corrected chi connectivity index (χ3v) is 5.61. The van der Waals surface area contributed by atoms with Crippen molar-refractivity contribution in [2.75, 3.05) is 20.6 Å². The zero-order valence-corrected chi connectivity index (χ0v) is 14.3. The Labute approximate surface area is 128 Å². The van der Waals surface area contributed by atoms with E-state index in [4.69, 9.17) is 0 Å². The molecule has 20 heavy (non-hydrogen) atoms. The van der Waals surface area contributed by atoms with Crippen molar-refractivity contribution in [2.45, 2.75) is 57.5 Å². The maximum Gasteiger partial charge on any atom is 0.0515 e. The van der Waals surface area contributed by atoms with Crippen LogP contribution in [0.4, 0.5) is 0 Å². The third kappa shape index (κ3) is 3.26. The van der Waals surface area contributed by atoms with Crippen molar-refractivity contribution < 1.29 is 0 Å². The van der Waals surface area contributed by atoms with E-state index < -0.39 is 0 Å². The van der Waals surface area contributed by atoms with E-state index in [1.807, 2.05) is 11.3 Å². The number of hydrogen-bond donors (Lipinski definition) is 1. The second kappa shape index (κ2) is 7.06. The van der Waals surface area contributed by atoms with E-state index >= 15 is 0 Å². The topological polar surface area (TPSA) is 15.3 Å². The highest BCUT2D eigenvalue weighted by Gasteiger charge is 2.44. The van der Waals surface area contributed by atoms with E-state index in [2.05, 4.69) is 55.0 Å². The lowest BCUT2D eigenvalue weighted by Gasteiger charge is -2.50. The van der Waals surface area contributed by atoms with Gasteiger partial charge in [0.25, 0.3) is 0 Å². The predicted molar refractivity (Wildman–Crippen MR) is 89.4 cm³/mol. The van der Waals surface area contributed by atoms with Gasteiger partial charge in [0.05, 0.1) is 6.04 Å². The standard InChI is InChI=1S/C17H30N2S/c1-5-10-18-16(15-8-11-20-13-15)17(19(3)4)9-6-7-14(2)12-17/h8,11,13-14,16,18H,5-7,9-10,12H2,1-4H3. The van der Waals surface area contributed by atoms with Gasteiger partial charge in [-0.05, 0) is 68.2 Å².